The Morgan fingerprint density at radius 3 is 2.93 bits per heavy atom. The highest BCUT2D eigenvalue weighted by Gasteiger charge is 1.94. The van der Waals surface area contributed by atoms with Gasteiger partial charge in [0, 0.05) is 23.6 Å². The Morgan fingerprint density at radius 1 is 1.43 bits per heavy atom. The molecule has 2 heteroatoms. The van der Waals surface area contributed by atoms with E-state index in [9.17, 15) is 0 Å². The fourth-order valence-electron chi connectivity index (χ4n) is 1.05. The Labute approximate surface area is 89.7 Å². The summed E-state index contributed by atoms with van der Waals surface area (Å²) in [5, 5.41) is 9.28. The Bertz CT molecular complexity index is 360. The van der Waals surface area contributed by atoms with E-state index in [2.05, 4.69) is 11.8 Å². The number of halogens is 1. The molecule has 0 saturated carbocycles. The normalized spacial score (nSPS) is 9.36. The van der Waals surface area contributed by atoms with Crippen molar-refractivity contribution < 1.29 is 5.11 Å². The Balaban J connectivity index is 2.73. The summed E-state index contributed by atoms with van der Waals surface area (Å²) in [4.78, 5) is 0. The van der Waals surface area contributed by atoms with E-state index >= 15 is 0 Å². The van der Waals surface area contributed by atoms with Crippen molar-refractivity contribution in [3.63, 3.8) is 0 Å². The lowest BCUT2D eigenvalue weighted by molar-refractivity contribution is 0.290. The van der Waals surface area contributed by atoms with Crippen LogP contribution in [-0.2, 0) is 0 Å². The zero-order valence-corrected chi connectivity index (χ0v) is 8.93. The van der Waals surface area contributed by atoms with E-state index in [1.54, 1.807) is 0 Å². The third-order valence-electron chi connectivity index (χ3n) is 1.88. The summed E-state index contributed by atoms with van der Waals surface area (Å²) >= 11 is 5.85. The summed E-state index contributed by atoms with van der Waals surface area (Å²) in [6.07, 6.45) is 1.45. The molecule has 0 aliphatic heterocycles. The second-order valence-electron chi connectivity index (χ2n) is 3.09. The molecule has 1 aromatic carbocycles. The van der Waals surface area contributed by atoms with Gasteiger partial charge in [0.15, 0.2) is 0 Å². The van der Waals surface area contributed by atoms with E-state index < -0.39 is 0 Å². The number of rotatable bonds is 2. The lowest BCUT2D eigenvalue weighted by atomic mass is 10.1. The van der Waals surface area contributed by atoms with Gasteiger partial charge in [-0.05, 0) is 31.0 Å². The zero-order chi connectivity index (χ0) is 10.4. The van der Waals surface area contributed by atoms with Gasteiger partial charge in [-0.1, -0.05) is 29.5 Å². The molecule has 0 aliphatic carbocycles. The van der Waals surface area contributed by atoms with Gasteiger partial charge in [0.05, 0.1) is 0 Å². The van der Waals surface area contributed by atoms with Gasteiger partial charge in [0.25, 0.3) is 0 Å². The number of hydrogen-bond acceptors (Lipinski definition) is 1. The third kappa shape index (κ3) is 3.41. The summed E-state index contributed by atoms with van der Waals surface area (Å²) in [6, 6.07) is 5.68. The van der Waals surface area contributed by atoms with Crippen LogP contribution < -0.4 is 0 Å². The molecule has 0 heterocycles. The molecule has 1 rings (SSSR count). The maximum Gasteiger partial charge on any atom is 0.0440 e. The highest BCUT2D eigenvalue weighted by atomic mass is 35.5. The highest BCUT2D eigenvalue weighted by molar-refractivity contribution is 6.30. The molecule has 0 amide bonds. The molecule has 1 N–H and O–H groups in total. The molecular weight excluding hydrogens is 196 g/mol. The summed E-state index contributed by atoms with van der Waals surface area (Å²) in [7, 11) is 0. The monoisotopic (exact) mass is 208 g/mol. The predicted octanol–water partition coefficient (Wildman–Crippen LogP) is 2.77. The molecule has 0 saturated heterocycles. The van der Waals surface area contributed by atoms with Crippen LogP contribution in [-0.4, -0.2) is 11.7 Å². The number of hydrogen-bond donors (Lipinski definition) is 1. The van der Waals surface area contributed by atoms with Gasteiger partial charge in [-0.15, -0.1) is 0 Å². The number of aliphatic hydroxyl groups excluding tert-OH is 1. The van der Waals surface area contributed by atoms with Gasteiger partial charge in [-0.3, -0.25) is 0 Å². The van der Waals surface area contributed by atoms with Gasteiger partial charge in [0.1, 0.15) is 0 Å². The van der Waals surface area contributed by atoms with Crippen LogP contribution in [0.4, 0.5) is 0 Å². The lowest BCUT2D eigenvalue weighted by Gasteiger charge is -1.97. The van der Waals surface area contributed by atoms with E-state index in [1.165, 1.54) is 0 Å². The van der Waals surface area contributed by atoms with Crippen LogP contribution in [0.15, 0.2) is 18.2 Å². The second-order valence-corrected chi connectivity index (χ2v) is 3.52. The standard InChI is InChI=1S/C12H13ClO/c1-10-6-7-12(13)9-11(10)5-3-2-4-8-14/h6-7,9,14H,2,4,8H2,1H3. The van der Waals surface area contributed by atoms with Crippen LogP contribution in [0.1, 0.15) is 24.0 Å². The first-order chi connectivity index (χ1) is 6.74. The van der Waals surface area contributed by atoms with Crippen LogP contribution in [0.5, 0.6) is 0 Å². The fourth-order valence-corrected chi connectivity index (χ4v) is 1.23. The molecule has 0 spiro atoms. The molecule has 0 radical (unpaired) electrons. The van der Waals surface area contributed by atoms with Crippen molar-refractivity contribution in [2.45, 2.75) is 19.8 Å². The maximum atomic E-state index is 8.57. The average molecular weight is 209 g/mol. The van der Waals surface area contributed by atoms with Gasteiger partial charge < -0.3 is 5.11 Å². The first-order valence-electron chi connectivity index (χ1n) is 4.60. The van der Waals surface area contributed by atoms with Crippen molar-refractivity contribution in [2.75, 3.05) is 6.61 Å². The molecule has 0 bridgehead atoms. The van der Waals surface area contributed by atoms with Gasteiger partial charge >= 0.3 is 0 Å². The van der Waals surface area contributed by atoms with Crippen LogP contribution >= 0.6 is 11.6 Å². The van der Waals surface area contributed by atoms with Crippen molar-refractivity contribution in [1.29, 1.82) is 0 Å². The maximum absolute atomic E-state index is 8.57. The first-order valence-corrected chi connectivity index (χ1v) is 4.97. The Hall–Kier alpha value is -0.970. The number of aliphatic hydroxyl groups is 1. The van der Waals surface area contributed by atoms with Gasteiger partial charge in [-0.2, -0.15) is 0 Å². The summed E-state index contributed by atoms with van der Waals surface area (Å²) in [5.74, 6) is 6.05. The van der Waals surface area contributed by atoms with Crippen LogP contribution in [0.3, 0.4) is 0 Å². The van der Waals surface area contributed by atoms with E-state index in [1.807, 2.05) is 25.1 Å². The molecule has 0 fully saturated rings. The molecule has 0 aromatic heterocycles. The summed E-state index contributed by atoms with van der Waals surface area (Å²) in [5.41, 5.74) is 2.10. The number of benzene rings is 1. The SMILES string of the molecule is Cc1ccc(Cl)cc1C#CCCCO. The van der Waals surface area contributed by atoms with E-state index in [-0.39, 0.29) is 6.61 Å². The van der Waals surface area contributed by atoms with E-state index in [0.717, 1.165) is 24.0 Å². The van der Waals surface area contributed by atoms with Crippen LogP contribution in [0.2, 0.25) is 5.02 Å². The molecule has 1 aromatic rings. The average Bonchev–Trinajstić information content (AvgIpc) is 2.18. The van der Waals surface area contributed by atoms with E-state index in [4.69, 9.17) is 16.7 Å². The minimum atomic E-state index is 0.198. The van der Waals surface area contributed by atoms with Crippen molar-refractivity contribution in [2.24, 2.45) is 0 Å². The fraction of sp³-hybridized carbons (Fsp3) is 0.333. The van der Waals surface area contributed by atoms with Gasteiger partial charge in [-0.25, -0.2) is 0 Å². The van der Waals surface area contributed by atoms with Crippen LogP contribution in [0, 0.1) is 18.8 Å². The molecule has 14 heavy (non-hydrogen) atoms. The van der Waals surface area contributed by atoms with Crippen molar-refractivity contribution in [1.82, 2.24) is 0 Å². The minimum Gasteiger partial charge on any atom is -0.396 e. The van der Waals surface area contributed by atoms with E-state index in [0.29, 0.717) is 5.02 Å². The largest absolute Gasteiger partial charge is 0.396 e. The molecular formula is C12H13ClO. The van der Waals surface area contributed by atoms with Crippen molar-refractivity contribution in [3.05, 3.63) is 34.3 Å². The van der Waals surface area contributed by atoms with Gasteiger partial charge in [0.2, 0.25) is 0 Å². The second kappa shape index (κ2) is 5.70. The number of unbranched alkanes of at least 4 members (excludes halogenated alkanes) is 1. The predicted molar refractivity (Wildman–Crippen MR) is 59.4 cm³/mol. The highest BCUT2D eigenvalue weighted by Crippen LogP contribution is 2.14. The molecule has 1 nitrogen and oxygen atoms in total. The number of aryl methyl sites for hydroxylation is 1. The molecule has 0 unspecified atom stereocenters. The zero-order valence-electron chi connectivity index (χ0n) is 8.18. The Kier molecular flexibility index (Phi) is 4.52. The van der Waals surface area contributed by atoms with Crippen molar-refractivity contribution in [3.8, 4) is 11.8 Å². The summed E-state index contributed by atoms with van der Waals surface area (Å²) < 4.78 is 0. The first kappa shape index (κ1) is 11.1. The third-order valence-corrected chi connectivity index (χ3v) is 2.12. The topological polar surface area (TPSA) is 20.2 Å². The molecule has 0 aliphatic rings. The summed E-state index contributed by atoms with van der Waals surface area (Å²) in [6.45, 7) is 2.20. The Morgan fingerprint density at radius 2 is 2.21 bits per heavy atom. The minimum absolute atomic E-state index is 0.198. The molecule has 74 valence electrons. The smallest absolute Gasteiger partial charge is 0.0440 e. The van der Waals surface area contributed by atoms with Crippen molar-refractivity contribution >= 4 is 11.6 Å². The quantitative estimate of drug-likeness (QED) is 0.586. The molecule has 0 atom stereocenters. The lowest BCUT2D eigenvalue weighted by Crippen LogP contribution is -1.82. The van der Waals surface area contributed by atoms with Crippen LogP contribution in [0.25, 0.3) is 0 Å².